The van der Waals surface area contributed by atoms with E-state index in [-0.39, 0.29) is 5.91 Å². The van der Waals surface area contributed by atoms with Crippen LogP contribution >= 0.6 is 24.0 Å². The molecule has 1 heterocycles. The number of nitrogens with zero attached hydrogens (tertiary/aromatic N) is 1. The van der Waals surface area contributed by atoms with Gasteiger partial charge in [0.2, 0.25) is 0 Å². The van der Waals surface area contributed by atoms with Gasteiger partial charge in [-0.1, -0.05) is 84.6 Å². The van der Waals surface area contributed by atoms with Crippen molar-refractivity contribution in [2.75, 3.05) is 4.90 Å². The van der Waals surface area contributed by atoms with Crippen LogP contribution in [0.3, 0.4) is 0 Å². The Morgan fingerprint density at radius 2 is 1.54 bits per heavy atom. The number of amides is 1. The monoisotopic (exact) mass is 401 g/mol. The molecule has 1 aliphatic heterocycles. The van der Waals surface area contributed by atoms with Crippen molar-refractivity contribution in [1.29, 1.82) is 0 Å². The van der Waals surface area contributed by atoms with E-state index in [9.17, 15) is 4.79 Å². The second-order valence-electron chi connectivity index (χ2n) is 6.77. The van der Waals surface area contributed by atoms with E-state index in [1.54, 1.807) is 4.90 Å². The molecule has 3 aromatic carbocycles. The first-order chi connectivity index (χ1) is 13.5. The number of anilines is 1. The maximum absolute atomic E-state index is 13.0. The molecule has 0 atom stereocenters. The molecule has 0 aliphatic carbocycles. The minimum Gasteiger partial charge on any atom is -0.268 e. The van der Waals surface area contributed by atoms with E-state index in [1.165, 1.54) is 22.9 Å². The predicted molar refractivity (Wildman–Crippen MR) is 123 cm³/mol. The first-order valence-electron chi connectivity index (χ1n) is 9.03. The van der Waals surface area contributed by atoms with E-state index in [0.29, 0.717) is 9.23 Å². The average molecular weight is 402 g/mol. The molecule has 2 nitrogen and oxygen atoms in total. The van der Waals surface area contributed by atoms with Gasteiger partial charge < -0.3 is 0 Å². The van der Waals surface area contributed by atoms with Gasteiger partial charge in [-0.25, -0.2) is 0 Å². The fourth-order valence-corrected chi connectivity index (χ4v) is 4.41. The van der Waals surface area contributed by atoms with Gasteiger partial charge in [0, 0.05) is 0 Å². The van der Waals surface area contributed by atoms with Crippen LogP contribution < -0.4 is 4.90 Å². The number of thiocarbonyl (C=S) groups is 1. The summed E-state index contributed by atoms with van der Waals surface area (Å²) in [6.07, 6.45) is 1.91. The van der Waals surface area contributed by atoms with E-state index in [4.69, 9.17) is 12.2 Å². The highest BCUT2D eigenvalue weighted by Gasteiger charge is 2.33. The van der Waals surface area contributed by atoms with Gasteiger partial charge in [0.1, 0.15) is 0 Å². The Bertz CT molecular complexity index is 1090. The number of hydrogen-bond acceptors (Lipinski definition) is 3. The summed E-state index contributed by atoms with van der Waals surface area (Å²) in [6.45, 7) is 4.10. The zero-order valence-corrected chi connectivity index (χ0v) is 17.3. The smallest absolute Gasteiger partial charge is 0.268 e. The van der Waals surface area contributed by atoms with Crippen LogP contribution in [-0.4, -0.2) is 10.2 Å². The summed E-state index contributed by atoms with van der Waals surface area (Å²) in [5.74, 6) is -0.0645. The Balaban J connectivity index is 1.59. The summed E-state index contributed by atoms with van der Waals surface area (Å²) in [5, 5.41) is 0. The van der Waals surface area contributed by atoms with Gasteiger partial charge in [-0.2, -0.15) is 0 Å². The van der Waals surface area contributed by atoms with Crippen LogP contribution in [-0.2, 0) is 4.79 Å². The highest BCUT2D eigenvalue weighted by Crippen LogP contribution is 2.36. The van der Waals surface area contributed by atoms with Crippen LogP contribution in [0.5, 0.6) is 0 Å². The van der Waals surface area contributed by atoms with Crippen molar-refractivity contribution in [2.45, 2.75) is 13.8 Å². The topological polar surface area (TPSA) is 20.3 Å². The lowest BCUT2D eigenvalue weighted by Gasteiger charge is -2.15. The number of rotatable bonds is 3. The third-order valence-electron chi connectivity index (χ3n) is 4.86. The summed E-state index contributed by atoms with van der Waals surface area (Å²) in [5.41, 5.74) is 6.49. The highest BCUT2D eigenvalue weighted by molar-refractivity contribution is 8.27. The average Bonchev–Trinajstić information content (AvgIpc) is 2.98. The minimum absolute atomic E-state index is 0.0645. The highest BCUT2D eigenvalue weighted by atomic mass is 32.2. The van der Waals surface area contributed by atoms with Crippen LogP contribution in [0.4, 0.5) is 5.69 Å². The number of carbonyl (C=O) groups is 1. The molecule has 138 valence electrons. The Hall–Kier alpha value is -2.69. The van der Waals surface area contributed by atoms with Crippen molar-refractivity contribution in [2.24, 2.45) is 0 Å². The molecular weight excluding hydrogens is 382 g/mol. The Morgan fingerprint density at radius 1 is 0.857 bits per heavy atom. The summed E-state index contributed by atoms with van der Waals surface area (Å²) < 4.78 is 0.570. The molecule has 1 fully saturated rings. The largest absolute Gasteiger partial charge is 0.270 e. The quantitative estimate of drug-likeness (QED) is 0.375. The molecule has 0 N–H and O–H groups in total. The molecule has 0 saturated carbocycles. The van der Waals surface area contributed by atoms with Crippen LogP contribution in [0, 0.1) is 13.8 Å². The maximum Gasteiger partial charge on any atom is 0.270 e. The predicted octanol–water partition coefficient (Wildman–Crippen LogP) is 6.38. The normalized spacial score (nSPS) is 15.5. The van der Waals surface area contributed by atoms with Crippen molar-refractivity contribution in [3.63, 3.8) is 0 Å². The molecule has 28 heavy (non-hydrogen) atoms. The van der Waals surface area contributed by atoms with Crippen molar-refractivity contribution in [3.8, 4) is 11.1 Å². The standard InChI is InChI=1S/C24H19NOS2/c1-16-8-13-21(14-17(16)2)25-23(26)22(28-24(25)27)15-18-9-11-20(12-10-18)19-6-4-3-5-7-19/h3-15H,1-2H3/b22-15-. The third-order valence-corrected chi connectivity index (χ3v) is 6.16. The second kappa shape index (κ2) is 7.74. The van der Waals surface area contributed by atoms with Crippen molar-refractivity contribution in [3.05, 3.63) is 94.4 Å². The van der Waals surface area contributed by atoms with Crippen LogP contribution in [0.2, 0.25) is 0 Å². The molecule has 0 spiro atoms. The lowest BCUT2D eigenvalue weighted by Crippen LogP contribution is -2.27. The van der Waals surface area contributed by atoms with E-state index < -0.39 is 0 Å². The lowest BCUT2D eigenvalue weighted by atomic mass is 10.0. The van der Waals surface area contributed by atoms with Gasteiger partial charge in [0.05, 0.1) is 10.6 Å². The molecule has 1 amide bonds. The summed E-state index contributed by atoms with van der Waals surface area (Å²) >= 11 is 6.83. The number of carbonyl (C=O) groups excluding carboxylic acids is 1. The van der Waals surface area contributed by atoms with E-state index in [0.717, 1.165) is 22.4 Å². The molecule has 3 aromatic rings. The van der Waals surface area contributed by atoms with Gasteiger partial charge >= 0.3 is 0 Å². The van der Waals surface area contributed by atoms with Gasteiger partial charge in [-0.05, 0) is 59.9 Å². The third kappa shape index (κ3) is 3.66. The van der Waals surface area contributed by atoms with E-state index in [1.807, 2.05) is 61.5 Å². The van der Waals surface area contributed by atoms with Crippen LogP contribution in [0.1, 0.15) is 16.7 Å². The fraction of sp³-hybridized carbons (Fsp3) is 0.0833. The van der Waals surface area contributed by atoms with E-state index in [2.05, 4.69) is 31.2 Å². The minimum atomic E-state index is -0.0645. The number of benzene rings is 3. The first-order valence-corrected chi connectivity index (χ1v) is 10.3. The van der Waals surface area contributed by atoms with E-state index >= 15 is 0 Å². The summed E-state index contributed by atoms with van der Waals surface area (Å²) in [6, 6.07) is 24.4. The molecular formula is C24H19NOS2. The van der Waals surface area contributed by atoms with Crippen molar-refractivity contribution >= 4 is 46.0 Å². The molecule has 0 unspecified atom stereocenters. The first kappa shape index (κ1) is 18.7. The van der Waals surface area contributed by atoms with Crippen molar-refractivity contribution < 1.29 is 4.79 Å². The lowest BCUT2D eigenvalue weighted by molar-refractivity contribution is -0.113. The molecule has 4 heteroatoms. The molecule has 1 aliphatic rings. The van der Waals surface area contributed by atoms with Gasteiger partial charge in [-0.15, -0.1) is 0 Å². The molecule has 1 saturated heterocycles. The Morgan fingerprint density at radius 3 is 2.21 bits per heavy atom. The molecule has 0 bridgehead atoms. The number of thioether (sulfide) groups is 1. The van der Waals surface area contributed by atoms with Gasteiger partial charge in [0.25, 0.3) is 5.91 Å². The zero-order valence-electron chi connectivity index (χ0n) is 15.7. The SMILES string of the molecule is Cc1ccc(N2C(=O)/C(=C/c3ccc(-c4ccccc4)cc3)SC2=S)cc1C. The second-order valence-corrected chi connectivity index (χ2v) is 8.45. The Kier molecular flexibility index (Phi) is 5.16. The zero-order chi connectivity index (χ0) is 19.7. The maximum atomic E-state index is 13.0. The van der Waals surface area contributed by atoms with Crippen molar-refractivity contribution in [1.82, 2.24) is 0 Å². The molecule has 0 aromatic heterocycles. The number of hydrogen-bond donors (Lipinski definition) is 0. The summed E-state index contributed by atoms with van der Waals surface area (Å²) in [4.78, 5) is 15.2. The molecule has 4 rings (SSSR count). The number of aryl methyl sites for hydroxylation is 2. The van der Waals surface area contributed by atoms with Crippen LogP contribution in [0.25, 0.3) is 17.2 Å². The van der Waals surface area contributed by atoms with Gasteiger partial charge in [-0.3, -0.25) is 9.69 Å². The Labute approximate surface area is 174 Å². The van der Waals surface area contributed by atoms with Crippen LogP contribution in [0.15, 0.2) is 77.7 Å². The molecule has 0 radical (unpaired) electrons. The van der Waals surface area contributed by atoms with Gasteiger partial charge in [0.15, 0.2) is 4.32 Å². The fourth-order valence-electron chi connectivity index (χ4n) is 3.11. The summed E-state index contributed by atoms with van der Waals surface area (Å²) in [7, 11) is 0.